The lowest BCUT2D eigenvalue weighted by Gasteiger charge is -2.07. The van der Waals surface area contributed by atoms with Crippen LogP contribution >= 0.6 is 11.6 Å². The van der Waals surface area contributed by atoms with Crippen molar-refractivity contribution in [3.05, 3.63) is 29.8 Å². The van der Waals surface area contributed by atoms with Crippen LogP contribution in [0.15, 0.2) is 24.3 Å². The molecular formula is C10H10ClNO3. The monoisotopic (exact) mass is 227 g/mol. The molecule has 0 aliphatic rings. The number of ether oxygens (including phenoxy) is 1. The molecular weight excluding hydrogens is 218 g/mol. The molecule has 4 nitrogen and oxygen atoms in total. The number of carbonyl (C=O) groups excluding carboxylic acids is 2. The van der Waals surface area contributed by atoms with Gasteiger partial charge >= 0.3 is 5.97 Å². The minimum Gasteiger partial charge on any atom is -0.427 e. The van der Waals surface area contributed by atoms with Gasteiger partial charge in [-0.3, -0.25) is 9.59 Å². The van der Waals surface area contributed by atoms with E-state index in [1.807, 2.05) is 0 Å². The molecule has 15 heavy (non-hydrogen) atoms. The fourth-order valence-electron chi connectivity index (χ4n) is 1.04. The number of esters is 1. The third kappa shape index (κ3) is 3.34. The van der Waals surface area contributed by atoms with Crippen LogP contribution in [0.1, 0.15) is 18.5 Å². The first-order valence-electron chi connectivity index (χ1n) is 4.24. The molecule has 0 bridgehead atoms. The van der Waals surface area contributed by atoms with Crippen molar-refractivity contribution in [1.82, 2.24) is 0 Å². The van der Waals surface area contributed by atoms with E-state index >= 15 is 0 Å². The average molecular weight is 228 g/mol. The van der Waals surface area contributed by atoms with Gasteiger partial charge in [0.15, 0.2) is 0 Å². The van der Waals surface area contributed by atoms with E-state index in [1.165, 1.54) is 6.92 Å². The zero-order chi connectivity index (χ0) is 11.4. The molecule has 0 radical (unpaired) electrons. The van der Waals surface area contributed by atoms with Crippen LogP contribution < -0.4 is 10.5 Å². The van der Waals surface area contributed by atoms with Gasteiger partial charge in [0.05, 0.1) is 0 Å². The van der Waals surface area contributed by atoms with Gasteiger partial charge in [-0.25, -0.2) is 0 Å². The normalized spacial score (nSPS) is 11.9. The molecule has 80 valence electrons. The highest BCUT2D eigenvalue weighted by atomic mass is 35.5. The van der Waals surface area contributed by atoms with Gasteiger partial charge in [0.25, 0.3) is 0 Å². The van der Waals surface area contributed by atoms with Gasteiger partial charge in [-0.1, -0.05) is 12.1 Å². The van der Waals surface area contributed by atoms with E-state index in [0.29, 0.717) is 11.3 Å². The minimum atomic E-state index is -0.849. The number of halogens is 1. The van der Waals surface area contributed by atoms with Crippen molar-refractivity contribution < 1.29 is 14.3 Å². The lowest BCUT2D eigenvalue weighted by Crippen LogP contribution is -2.16. The first-order chi connectivity index (χ1) is 7.00. The van der Waals surface area contributed by atoms with Gasteiger partial charge in [-0.2, -0.15) is 0 Å². The summed E-state index contributed by atoms with van der Waals surface area (Å²) in [5, 5.41) is -0.629. The fourth-order valence-corrected chi connectivity index (χ4v) is 1.17. The molecule has 1 atom stereocenters. The second-order valence-electron chi connectivity index (χ2n) is 2.94. The topological polar surface area (TPSA) is 69.4 Å². The predicted molar refractivity (Wildman–Crippen MR) is 55.5 cm³/mol. The maximum absolute atomic E-state index is 10.8. The first-order valence-corrected chi connectivity index (χ1v) is 4.62. The predicted octanol–water partition coefficient (Wildman–Crippen LogP) is 1.38. The fraction of sp³-hybridized carbons (Fsp3) is 0.200. The van der Waals surface area contributed by atoms with Crippen LogP contribution in [0.4, 0.5) is 0 Å². The van der Waals surface area contributed by atoms with Crippen LogP contribution in [0.5, 0.6) is 5.75 Å². The van der Waals surface area contributed by atoms with Gasteiger partial charge in [0.1, 0.15) is 11.8 Å². The van der Waals surface area contributed by atoms with Crippen LogP contribution in [0, 0.1) is 0 Å². The maximum atomic E-state index is 10.8. The Morgan fingerprint density at radius 2 is 1.87 bits per heavy atom. The van der Waals surface area contributed by atoms with E-state index in [1.54, 1.807) is 24.3 Å². The van der Waals surface area contributed by atoms with Gasteiger partial charge in [-0.05, 0) is 29.3 Å². The number of rotatable bonds is 3. The number of nitrogens with two attached hydrogens (primary N) is 1. The standard InChI is InChI=1S/C10H10ClNO3/c1-6(13)15-8-4-2-7(3-5-8)9(12)10(11)14/h2-5,9H,12H2,1H3. The SMILES string of the molecule is CC(=O)Oc1ccc(C(N)C(=O)Cl)cc1. The summed E-state index contributed by atoms with van der Waals surface area (Å²) in [6.45, 7) is 1.31. The second kappa shape index (κ2) is 4.91. The molecule has 1 unspecified atom stereocenters. The van der Waals surface area contributed by atoms with Crippen molar-refractivity contribution in [3.63, 3.8) is 0 Å². The molecule has 0 aliphatic carbocycles. The van der Waals surface area contributed by atoms with E-state index in [4.69, 9.17) is 22.1 Å². The smallest absolute Gasteiger partial charge is 0.308 e. The summed E-state index contributed by atoms with van der Waals surface area (Å²) in [6, 6.07) is 5.43. The molecule has 5 heteroatoms. The lowest BCUT2D eigenvalue weighted by atomic mass is 10.1. The Bertz CT molecular complexity index is 375. The minimum absolute atomic E-state index is 0.402. The maximum Gasteiger partial charge on any atom is 0.308 e. The number of benzene rings is 1. The Kier molecular flexibility index (Phi) is 3.82. The van der Waals surface area contributed by atoms with Gasteiger partial charge in [0, 0.05) is 6.92 Å². The van der Waals surface area contributed by atoms with Gasteiger partial charge in [-0.15, -0.1) is 0 Å². The summed E-state index contributed by atoms with van der Waals surface area (Å²) < 4.78 is 4.81. The Hall–Kier alpha value is -1.39. The largest absolute Gasteiger partial charge is 0.427 e. The summed E-state index contributed by atoms with van der Waals surface area (Å²) in [5.74, 6) is 0.000870. The molecule has 2 N–H and O–H groups in total. The lowest BCUT2D eigenvalue weighted by molar-refractivity contribution is -0.131. The van der Waals surface area contributed by atoms with Crippen LogP contribution in [0.25, 0.3) is 0 Å². The van der Waals surface area contributed by atoms with E-state index in [0.717, 1.165) is 0 Å². The molecule has 0 amide bonds. The second-order valence-corrected chi connectivity index (χ2v) is 3.32. The van der Waals surface area contributed by atoms with E-state index in [-0.39, 0.29) is 0 Å². The molecule has 0 saturated heterocycles. The van der Waals surface area contributed by atoms with Crippen molar-refractivity contribution in [2.75, 3.05) is 0 Å². The van der Waals surface area contributed by atoms with Crippen LogP contribution in [0.3, 0.4) is 0 Å². The zero-order valence-corrected chi connectivity index (χ0v) is 8.82. The molecule has 0 heterocycles. The molecule has 0 saturated carbocycles. The molecule has 0 fully saturated rings. The molecule has 1 aromatic carbocycles. The van der Waals surface area contributed by atoms with Crippen molar-refractivity contribution in [2.45, 2.75) is 13.0 Å². The van der Waals surface area contributed by atoms with E-state index in [2.05, 4.69) is 0 Å². The van der Waals surface area contributed by atoms with Crippen molar-refractivity contribution in [2.24, 2.45) is 5.73 Å². The highest BCUT2D eigenvalue weighted by Crippen LogP contribution is 2.17. The quantitative estimate of drug-likeness (QED) is 0.481. The Labute approximate surface area is 92.0 Å². The van der Waals surface area contributed by atoms with Crippen molar-refractivity contribution >= 4 is 22.8 Å². The Morgan fingerprint density at radius 3 is 2.27 bits per heavy atom. The third-order valence-electron chi connectivity index (χ3n) is 1.75. The van der Waals surface area contributed by atoms with Crippen LogP contribution in [0.2, 0.25) is 0 Å². The summed E-state index contributed by atoms with van der Waals surface area (Å²) in [6.07, 6.45) is 0. The molecule has 0 aliphatic heterocycles. The van der Waals surface area contributed by atoms with Gasteiger partial charge in [0.2, 0.25) is 5.24 Å². The molecule has 0 spiro atoms. The van der Waals surface area contributed by atoms with Gasteiger partial charge < -0.3 is 10.5 Å². The molecule has 0 aromatic heterocycles. The highest BCUT2D eigenvalue weighted by molar-refractivity contribution is 6.64. The Balaban J connectivity index is 2.80. The first kappa shape index (κ1) is 11.7. The number of hydrogen-bond donors (Lipinski definition) is 1. The van der Waals surface area contributed by atoms with Crippen molar-refractivity contribution in [1.29, 1.82) is 0 Å². The van der Waals surface area contributed by atoms with E-state index < -0.39 is 17.3 Å². The zero-order valence-electron chi connectivity index (χ0n) is 8.07. The third-order valence-corrected chi connectivity index (χ3v) is 1.98. The van der Waals surface area contributed by atoms with Crippen molar-refractivity contribution in [3.8, 4) is 5.75 Å². The molecule has 1 rings (SSSR count). The summed E-state index contributed by atoms with van der Waals surface area (Å²) >= 11 is 5.24. The summed E-state index contributed by atoms with van der Waals surface area (Å²) in [4.78, 5) is 21.4. The number of carbonyl (C=O) groups is 2. The Morgan fingerprint density at radius 1 is 1.33 bits per heavy atom. The average Bonchev–Trinajstić information content (AvgIpc) is 2.17. The summed E-state index contributed by atoms with van der Waals surface area (Å²) in [5.41, 5.74) is 6.07. The van der Waals surface area contributed by atoms with E-state index in [9.17, 15) is 9.59 Å². The summed E-state index contributed by atoms with van der Waals surface area (Å²) in [7, 11) is 0. The van der Waals surface area contributed by atoms with Crippen LogP contribution in [-0.2, 0) is 9.59 Å². The highest BCUT2D eigenvalue weighted by Gasteiger charge is 2.12. The van der Waals surface area contributed by atoms with Crippen LogP contribution in [-0.4, -0.2) is 11.2 Å². The number of hydrogen-bond acceptors (Lipinski definition) is 4. The molecule has 1 aromatic rings.